The van der Waals surface area contributed by atoms with E-state index in [0.29, 0.717) is 11.0 Å². The highest BCUT2D eigenvalue weighted by Crippen LogP contribution is 2.20. The van der Waals surface area contributed by atoms with Crippen molar-refractivity contribution in [1.82, 2.24) is 4.90 Å². The minimum atomic E-state index is -0.508. The van der Waals surface area contributed by atoms with Crippen molar-refractivity contribution in [2.24, 2.45) is 0 Å². The van der Waals surface area contributed by atoms with Crippen molar-refractivity contribution in [3.8, 4) is 0 Å². The fourth-order valence-electron chi connectivity index (χ4n) is 2.77. The summed E-state index contributed by atoms with van der Waals surface area (Å²) in [4.78, 5) is 14.0. The quantitative estimate of drug-likeness (QED) is 0.614. The van der Waals surface area contributed by atoms with Crippen LogP contribution in [0.5, 0.6) is 0 Å². The Labute approximate surface area is 149 Å². The van der Waals surface area contributed by atoms with Crippen molar-refractivity contribution in [3.63, 3.8) is 0 Å². The van der Waals surface area contributed by atoms with E-state index < -0.39 is 5.82 Å². The van der Waals surface area contributed by atoms with Crippen molar-refractivity contribution in [2.45, 2.75) is 6.42 Å². The molecular formula is C20H17BrFNO. The van der Waals surface area contributed by atoms with Crippen LogP contribution in [0.25, 0.3) is 10.8 Å². The molecule has 0 aliphatic carbocycles. The van der Waals surface area contributed by atoms with E-state index in [0.717, 1.165) is 6.42 Å². The fraction of sp³-hybridized carbons (Fsp3) is 0.150. The Morgan fingerprint density at radius 1 is 1.08 bits per heavy atom. The van der Waals surface area contributed by atoms with E-state index >= 15 is 0 Å². The number of amides is 1. The molecule has 0 atom stereocenters. The van der Waals surface area contributed by atoms with Gasteiger partial charge in [0, 0.05) is 18.1 Å². The zero-order chi connectivity index (χ0) is 17.1. The van der Waals surface area contributed by atoms with Gasteiger partial charge in [0.1, 0.15) is 5.82 Å². The number of benzene rings is 3. The summed E-state index contributed by atoms with van der Waals surface area (Å²) in [6, 6.07) is 18.8. The number of halogens is 2. The minimum absolute atomic E-state index is 0.0959. The summed E-state index contributed by atoms with van der Waals surface area (Å²) in [5.74, 6) is -0.813. The van der Waals surface area contributed by atoms with Crippen LogP contribution in [0.3, 0.4) is 0 Å². The molecule has 0 saturated heterocycles. The summed E-state index contributed by atoms with van der Waals surface area (Å²) in [7, 11) is 1.70. The first-order valence-electron chi connectivity index (χ1n) is 7.73. The average Bonchev–Trinajstić information content (AvgIpc) is 2.59. The Morgan fingerprint density at radius 3 is 2.62 bits per heavy atom. The van der Waals surface area contributed by atoms with Crippen LogP contribution < -0.4 is 0 Å². The molecule has 1 amide bonds. The van der Waals surface area contributed by atoms with E-state index in [1.165, 1.54) is 28.5 Å². The highest BCUT2D eigenvalue weighted by atomic mass is 79.9. The van der Waals surface area contributed by atoms with Crippen LogP contribution >= 0.6 is 15.9 Å². The third kappa shape index (κ3) is 3.49. The Kier molecular flexibility index (Phi) is 4.95. The lowest BCUT2D eigenvalue weighted by atomic mass is 10.0. The standard InChI is InChI=1S/C20H17BrFNO/c1-23(20(24)18-10-9-16(21)13-19(18)22)12-11-15-7-4-6-14-5-2-3-8-17(14)15/h2-10,13H,11-12H2,1H3. The smallest absolute Gasteiger partial charge is 0.256 e. The van der Waals surface area contributed by atoms with E-state index in [1.807, 2.05) is 18.2 Å². The Hall–Kier alpha value is -2.20. The van der Waals surface area contributed by atoms with Gasteiger partial charge >= 0.3 is 0 Å². The molecule has 0 fully saturated rings. The van der Waals surface area contributed by atoms with Crippen molar-refractivity contribution < 1.29 is 9.18 Å². The highest BCUT2D eigenvalue weighted by Gasteiger charge is 2.16. The van der Waals surface area contributed by atoms with Gasteiger partial charge in [-0.1, -0.05) is 58.4 Å². The molecule has 0 bridgehead atoms. The molecule has 24 heavy (non-hydrogen) atoms. The van der Waals surface area contributed by atoms with E-state index in [2.05, 4.69) is 40.2 Å². The minimum Gasteiger partial charge on any atom is -0.341 e. The molecule has 0 unspecified atom stereocenters. The number of likely N-dealkylation sites (N-methyl/N-ethyl adjacent to an activating group) is 1. The monoisotopic (exact) mass is 385 g/mol. The zero-order valence-corrected chi connectivity index (χ0v) is 14.9. The molecule has 0 aliphatic heterocycles. The number of fused-ring (bicyclic) bond motifs is 1. The second kappa shape index (κ2) is 7.14. The summed E-state index contributed by atoms with van der Waals surface area (Å²) < 4.78 is 14.6. The first-order valence-corrected chi connectivity index (χ1v) is 8.53. The van der Waals surface area contributed by atoms with Crippen LogP contribution in [0.1, 0.15) is 15.9 Å². The molecule has 0 spiro atoms. The molecule has 0 radical (unpaired) electrons. The number of hydrogen-bond donors (Lipinski definition) is 0. The predicted octanol–water partition coefficient (Wildman–Crippen LogP) is 5.06. The van der Waals surface area contributed by atoms with Gasteiger partial charge < -0.3 is 4.90 Å². The van der Waals surface area contributed by atoms with Crippen molar-refractivity contribution in [2.75, 3.05) is 13.6 Å². The molecule has 0 N–H and O–H groups in total. The van der Waals surface area contributed by atoms with Gasteiger partial charge in [-0.05, 0) is 41.0 Å². The second-order valence-corrected chi connectivity index (χ2v) is 6.65. The summed E-state index contributed by atoms with van der Waals surface area (Å²) in [6.45, 7) is 0.530. The number of nitrogens with zero attached hydrogens (tertiary/aromatic N) is 1. The van der Waals surface area contributed by atoms with E-state index in [1.54, 1.807) is 18.0 Å². The average molecular weight is 386 g/mol. The van der Waals surface area contributed by atoms with Gasteiger partial charge in [-0.15, -0.1) is 0 Å². The van der Waals surface area contributed by atoms with Gasteiger partial charge in [0.05, 0.1) is 5.56 Å². The third-order valence-electron chi connectivity index (χ3n) is 4.10. The van der Waals surface area contributed by atoms with Crippen molar-refractivity contribution >= 4 is 32.6 Å². The molecule has 122 valence electrons. The summed E-state index contributed by atoms with van der Waals surface area (Å²) in [6.07, 6.45) is 0.724. The maximum absolute atomic E-state index is 14.0. The van der Waals surface area contributed by atoms with E-state index in [9.17, 15) is 9.18 Å². The normalized spacial score (nSPS) is 10.8. The maximum atomic E-state index is 14.0. The SMILES string of the molecule is CN(CCc1cccc2ccccc12)C(=O)c1ccc(Br)cc1F. The molecule has 0 aromatic heterocycles. The molecule has 2 nitrogen and oxygen atoms in total. The molecule has 3 aromatic carbocycles. The molecule has 3 rings (SSSR count). The topological polar surface area (TPSA) is 20.3 Å². The summed E-state index contributed by atoms with van der Waals surface area (Å²) in [5, 5.41) is 2.37. The summed E-state index contributed by atoms with van der Waals surface area (Å²) in [5.41, 5.74) is 1.28. The Morgan fingerprint density at radius 2 is 1.83 bits per heavy atom. The van der Waals surface area contributed by atoms with Crippen LogP contribution in [0.2, 0.25) is 0 Å². The van der Waals surface area contributed by atoms with Crippen LogP contribution in [0, 0.1) is 5.82 Å². The molecular weight excluding hydrogens is 369 g/mol. The van der Waals surface area contributed by atoms with E-state index in [-0.39, 0.29) is 11.5 Å². The van der Waals surface area contributed by atoms with Crippen LogP contribution in [-0.4, -0.2) is 24.4 Å². The van der Waals surface area contributed by atoms with Gasteiger partial charge in [-0.3, -0.25) is 4.79 Å². The van der Waals surface area contributed by atoms with Crippen molar-refractivity contribution in [3.05, 3.63) is 82.1 Å². The lowest BCUT2D eigenvalue weighted by molar-refractivity contribution is 0.0792. The molecule has 0 aliphatic rings. The van der Waals surface area contributed by atoms with E-state index in [4.69, 9.17) is 0 Å². The van der Waals surface area contributed by atoms with Gasteiger partial charge in [0.15, 0.2) is 0 Å². The number of rotatable bonds is 4. The van der Waals surface area contributed by atoms with Gasteiger partial charge in [0.25, 0.3) is 5.91 Å². The number of carbonyl (C=O) groups is 1. The van der Waals surface area contributed by atoms with Crippen LogP contribution in [0.15, 0.2) is 65.1 Å². The fourth-order valence-corrected chi connectivity index (χ4v) is 3.10. The number of carbonyl (C=O) groups excluding carboxylic acids is 1. The number of hydrogen-bond acceptors (Lipinski definition) is 1. The first kappa shape index (κ1) is 16.7. The molecule has 3 aromatic rings. The molecule has 0 saturated carbocycles. The van der Waals surface area contributed by atoms with Gasteiger partial charge in [0.2, 0.25) is 0 Å². The van der Waals surface area contributed by atoms with Crippen LogP contribution in [-0.2, 0) is 6.42 Å². The highest BCUT2D eigenvalue weighted by molar-refractivity contribution is 9.10. The lowest BCUT2D eigenvalue weighted by Gasteiger charge is -2.18. The predicted molar refractivity (Wildman–Crippen MR) is 98.7 cm³/mol. The largest absolute Gasteiger partial charge is 0.341 e. The Bertz CT molecular complexity index is 888. The van der Waals surface area contributed by atoms with Gasteiger partial charge in [-0.25, -0.2) is 4.39 Å². The molecule has 0 heterocycles. The van der Waals surface area contributed by atoms with Gasteiger partial charge in [-0.2, -0.15) is 0 Å². The molecule has 4 heteroatoms. The summed E-state index contributed by atoms with van der Waals surface area (Å²) >= 11 is 3.20. The lowest BCUT2D eigenvalue weighted by Crippen LogP contribution is -2.29. The zero-order valence-electron chi connectivity index (χ0n) is 13.3. The Balaban J connectivity index is 1.75. The van der Waals surface area contributed by atoms with Crippen molar-refractivity contribution in [1.29, 1.82) is 0 Å². The van der Waals surface area contributed by atoms with Crippen LogP contribution in [0.4, 0.5) is 4.39 Å². The second-order valence-electron chi connectivity index (χ2n) is 5.74. The third-order valence-corrected chi connectivity index (χ3v) is 4.60. The maximum Gasteiger partial charge on any atom is 0.256 e. The first-order chi connectivity index (χ1) is 11.6.